The zero-order valence-electron chi connectivity index (χ0n) is 18.6. The summed E-state index contributed by atoms with van der Waals surface area (Å²) in [5.74, 6) is 6.79. The number of ether oxygens (including phenoxy) is 1. The number of nitrogens with one attached hydrogen (secondary N) is 2. The lowest BCUT2D eigenvalue weighted by atomic mass is 10.0. The summed E-state index contributed by atoms with van der Waals surface area (Å²) in [5, 5.41) is 4.54. The fourth-order valence-electron chi connectivity index (χ4n) is 3.42. The molecule has 4 aromatic rings. The van der Waals surface area contributed by atoms with Gasteiger partial charge in [0.05, 0.1) is 17.6 Å². The van der Waals surface area contributed by atoms with Crippen LogP contribution in [0.2, 0.25) is 5.02 Å². The number of nitrogens with zero attached hydrogens (tertiary/aromatic N) is 2. The van der Waals surface area contributed by atoms with Crippen LogP contribution >= 0.6 is 11.6 Å². The van der Waals surface area contributed by atoms with Crippen molar-refractivity contribution < 1.29 is 14.0 Å². The van der Waals surface area contributed by atoms with Crippen LogP contribution in [0.15, 0.2) is 67.0 Å². The van der Waals surface area contributed by atoms with Gasteiger partial charge in [0.15, 0.2) is 0 Å². The number of hydrogen-bond donors (Lipinski definition) is 2. The summed E-state index contributed by atoms with van der Waals surface area (Å²) < 4.78 is 19.1. The molecule has 172 valence electrons. The van der Waals surface area contributed by atoms with Gasteiger partial charge in [-0.1, -0.05) is 35.7 Å². The van der Waals surface area contributed by atoms with Crippen LogP contribution in [0.4, 0.5) is 15.9 Å². The van der Waals surface area contributed by atoms with Gasteiger partial charge in [-0.3, -0.25) is 0 Å². The molecule has 0 aliphatic rings. The molecule has 3 aromatic carbocycles. The summed E-state index contributed by atoms with van der Waals surface area (Å²) in [4.78, 5) is 13.8. The number of benzene rings is 3. The molecule has 1 aromatic heterocycles. The molecular formula is C26H22ClFN4O2. The van der Waals surface area contributed by atoms with Crippen LogP contribution in [0.3, 0.4) is 0 Å². The number of halogens is 2. The first kappa shape index (κ1) is 23.5. The molecule has 0 bridgehead atoms. The Morgan fingerprint density at radius 3 is 2.74 bits per heavy atom. The fourth-order valence-corrected chi connectivity index (χ4v) is 3.65. The van der Waals surface area contributed by atoms with E-state index in [2.05, 4.69) is 32.6 Å². The molecule has 1 atom stereocenters. The van der Waals surface area contributed by atoms with E-state index in [9.17, 15) is 4.39 Å². The number of anilines is 2. The second-order valence-electron chi connectivity index (χ2n) is 7.34. The van der Waals surface area contributed by atoms with E-state index in [1.54, 1.807) is 38.3 Å². The van der Waals surface area contributed by atoms with E-state index in [0.29, 0.717) is 16.6 Å². The maximum Gasteiger partial charge on any atom is 0.141 e. The average Bonchev–Trinajstić information content (AvgIpc) is 2.83. The first-order chi connectivity index (χ1) is 16.6. The largest absolute Gasteiger partial charge is 0.487 e. The van der Waals surface area contributed by atoms with Crippen LogP contribution in [0.25, 0.3) is 10.9 Å². The Balaban J connectivity index is 1.56. The van der Waals surface area contributed by atoms with E-state index in [1.165, 1.54) is 18.5 Å². The van der Waals surface area contributed by atoms with Crippen molar-refractivity contribution in [3.63, 3.8) is 0 Å². The molecule has 0 fully saturated rings. The summed E-state index contributed by atoms with van der Waals surface area (Å²) in [7, 11) is 1.55. The first-order valence-electron chi connectivity index (χ1n) is 10.5. The highest BCUT2D eigenvalue weighted by molar-refractivity contribution is 6.32. The van der Waals surface area contributed by atoms with Gasteiger partial charge in [-0.05, 0) is 60.5 Å². The van der Waals surface area contributed by atoms with Crippen molar-refractivity contribution in [3.8, 4) is 17.6 Å². The minimum atomic E-state index is -0.307. The summed E-state index contributed by atoms with van der Waals surface area (Å²) in [6.07, 6.45) is 1.50. The van der Waals surface area contributed by atoms with Gasteiger partial charge in [0.1, 0.15) is 36.4 Å². The second kappa shape index (κ2) is 10.9. The molecule has 2 N–H and O–H groups in total. The molecule has 0 radical (unpaired) electrons. The lowest BCUT2D eigenvalue weighted by molar-refractivity contribution is 0.0761. The molecule has 0 saturated carbocycles. The highest BCUT2D eigenvalue weighted by atomic mass is 35.5. The molecule has 34 heavy (non-hydrogen) atoms. The molecule has 0 aliphatic heterocycles. The molecule has 1 unspecified atom stereocenters. The monoisotopic (exact) mass is 476 g/mol. The van der Waals surface area contributed by atoms with Crippen LogP contribution < -0.4 is 15.5 Å². The number of hydroxylamine groups is 1. The van der Waals surface area contributed by atoms with Crippen LogP contribution in [-0.4, -0.2) is 17.1 Å². The first-order valence-corrected chi connectivity index (χ1v) is 10.8. The molecule has 1 heterocycles. The maximum atomic E-state index is 13.4. The topological polar surface area (TPSA) is 68.3 Å². The van der Waals surface area contributed by atoms with Crippen molar-refractivity contribution in [2.24, 2.45) is 0 Å². The van der Waals surface area contributed by atoms with Gasteiger partial charge in [0, 0.05) is 11.1 Å². The van der Waals surface area contributed by atoms with Crippen LogP contribution in [0.5, 0.6) is 5.75 Å². The van der Waals surface area contributed by atoms with E-state index in [0.717, 1.165) is 27.7 Å². The van der Waals surface area contributed by atoms with E-state index in [4.69, 9.17) is 21.2 Å². The van der Waals surface area contributed by atoms with Gasteiger partial charge < -0.3 is 14.9 Å². The number of hydrogen-bond acceptors (Lipinski definition) is 6. The molecule has 8 heteroatoms. The summed E-state index contributed by atoms with van der Waals surface area (Å²) in [6, 6.07) is 17.1. The van der Waals surface area contributed by atoms with E-state index in [1.807, 2.05) is 24.3 Å². The quantitative estimate of drug-likeness (QED) is 0.241. The van der Waals surface area contributed by atoms with Gasteiger partial charge in [-0.15, -0.1) is 5.92 Å². The molecule has 0 saturated heterocycles. The van der Waals surface area contributed by atoms with Crippen LogP contribution in [-0.2, 0) is 11.4 Å². The smallest absolute Gasteiger partial charge is 0.141 e. The maximum absolute atomic E-state index is 13.4. The predicted octanol–water partition coefficient (Wildman–Crippen LogP) is 5.96. The molecule has 6 nitrogen and oxygen atoms in total. The van der Waals surface area contributed by atoms with Crippen LogP contribution in [0, 0.1) is 17.7 Å². The summed E-state index contributed by atoms with van der Waals surface area (Å²) in [6.45, 7) is 1.98. The Hall–Kier alpha value is -3.70. The van der Waals surface area contributed by atoms with Crippen molar-refractivity contribution in [2.45, 2.75) is 19.6 Å². The van der Waals surface area contributed by atoms with Crippen molar-refractivity contribution in [1.82, 2.24) is 15.4 Å². The fraction of sp³-hybridized carbons (Fsp3) is 0.154. The zero-order chi connectivity index (χ0) is 23.9. The minimum Gasteiger partial charge on any atom is -0.487 e. The molecule has 0 amide bonds. The average molecular weight is 477 g/mol. The van der Waals surface area contributed by atoms with Crippen molar-refractivity contribution in [2.75, 3.05) is 12.4 Å². The lowest BCUT2D eigenvalue weighted by Crippen LogP contribution is -2.18. The third kappa shape index (κ3) is 5.61. The SMILES string of the molecule is CC#CC(NOC)c1ccc2ncnc(Nc3ccc(OCc4cccc(F)c4)c(Cl)c3)c2c1. The second-order valence-corrected chi connectivity index (χ2v) is 7.74. The summed E-state index contributed by atoms with van der Waals surface area (Å²) >= 11 is 6.44. The van der Waals surface area contributed by atoms with Crippen molar-refractivity contribution in [3.05, 3.63) is 89.0 Å². The van der Waals surface area contributed by atoms with E-state index >= 15 is 0 Å². The number of fused-ring (bicyclic) bond motifs is 1. The van der Waals surface area contributed by atoms with Gasteiger partial charge >= 0.3 is 0 Å². The Kier molecular flexibility index (Phi) is 7.55. The van der Waals surface area contributed by atoms with Gasteiger partial charge in [0.2, 0.25) is 0 Å². The van der Waals surface area contributed by atoms with Gasteiger partial charge in [-0.2, -0.15) is 5.48 Å². The lowest BCUT2D eigenvalue weighted by Gasteiger charge is -2.14. The van der Waals surface area contributed by atoms with Crippen molar-refractivity contribution in [1.29, 1.82) is 0 Å². The Labute approximate surface area is 202 Å². The third-order valence-electron chi connectivity index (χ3n) is 5.00. The zero-order valence-corrected chi connectivity index (χ0v) is 19.4. The normalized spacial score (nSPS) is 11.5. The highest BCUT2D eigenvalue weighted by Gasteiger charge is 2.12. The van der Waals surface area contributed by atoms with Gasteiger partial charge in [0.25, 0.3) is 0 Å². The molecule has 4 rings (SSSR count). The Morgan fingerprint density at radius 2 is 1.97 bits per heavy atom. The minimum absolute atomic E-state index is 0.209. The molecule has 0 spiro atoms. The Bertz CT molecular complexity index is 1370. The van der Waals surface area contributed by atoms with E-state index < -0.39 is 0 Å². The van der Waals surface area contributed by atoms with Crippen LogP contribution in [0.1, 0.15) is 24.1 Å². The highest BCUT2D eigenvalue weighted by Crippen LogP contribution is 2.31. The third-order valence-corrected chi connectivity index (χ3v) is 5.29. The van der Waals surface area contributed by atoms with Gasteiger partial charge in [-0.25, -0.2) is 14.4 Å². The predicted molar refractivity (Wildman–Crippen MR) is 131 cm³/mol. The number of rotatable bonds is 8. The molecule has 0 aliphatic carbocycles. The standard InChI is InChI=1S/C26H22ClFN4O2/c1-3-5-23(32-33-2)18-8-10-24-21(13-18)26(30-16-29-24)31-20-9-11-25(22(27)14-20)34-15-17-6-4-7-19(28)12-17/h4,6-14,16,23,32H,15H2,1-2H3,(H,29,30,31). The Morgan fingerprint density at radius 1 is 1.09 bits per heavy atom. The molecular weight excluding hydrogens is 455 g/mol. The number of aromatic nitrogens is 2. The van der Waals surface area contributed by atoms with E-state index in [-0.39, 0.29) is 18.5 Å². The van der Waals surface area contributed by atoms with Crippen molar-refractivity contribution >= 4 is 34.0 Å². The summed E-state index contributed by atoms with van der Waals surface area (Å²) in [5.41, 5.74) is 6.03.